The van der Waals surface area contributed by atoms with Crippen molar-refractivity contribution < 1.29 is 18.7 Å². The smallest absolute Gasteiger partial charge is 0.273 e. The molecule has 1 aromatic carbocycles. The van der Waals surface area contributed by atoms with Gasteiger partial charge in [0.05, 0.1) is 6.54 Å². The third-order valence-electron chi connectivity index (χ3n) is 4.74. The van der Waals surface area contributed by atoms with Crippen LogP contribution in [0.3, 0.4) is 0 Å². The fraction of sp³-hybridized carbons (Fsp3) is 0.522. The summed E-state index contributed by atoms with van der Waals surface area (Å²) in [4.78, 5) is 30.9. The van der Waals surface area contributed by atoms with Gasteiger partial charge in [-0.15, -0.1) is 0 Å². The predicted molar refractivity (Wildman–Crippen MR) is 120 cm³/mol. The first-order valence-electron chi connectivity index (χ1n) is 10.9. The number of nitrogens with zero attached hydrogens (tertiary/aromatic N) is 2. The topological polar surface area (TPSA) is 84.7 Å². The van der Waals surface area contributed by atoms with Crippen LogP contribution in [0.4, 0.5) is 0 Å². The maximum atomic E-state index is 12.8. The van der Waals surface area contributed by atoms with Crippen LogP contribution in [0, 0.1) is 0 Å². The largest absolute Gasteiger partial charge is 0.484 e. The Morgan fingerprint density at radius 3 is 2.52 bits per heavy atom. The highest BCUT2D eigenvalue weighted by Crippen LogP contribution is 2.16. The molecule has 1 heterocycles. The molecule has 1 aromatic heterocycles. The quantitative estimate of drug-likeness (QED) is 0.417. The lowest BCUT2D eigenvalue weighted by Crippen LogP contribution is -2.35. The summed E-state index contributed by atoms with van der Waals surface area (Å²) in [6.07, 6.45) is 7.35. The molecule has 2 rings (SSSR count). The standard InChI is InChI=1S/C23H32ClN3O4/c1-3-5-7-13-25-23(29)20-16-31-21(26-20)15-27(14-8-6-4-2)22(28)17-30-19-11-9-18(24)10-12-19/h9-12,16H,3-8,13-15,17H2,1-2H3,(H,25,29). The van der Waals surface area contributed by atoms with E-state index in [9.17, 15) is 9.59 Å². The number of nitrogens with one attached hydrogen (secondary N) is 1. The highest BCUT2D eigenvalue weighted by atomic mass is 35.5. The number of benzene rings is 1. The Kier molecular flexibility index (Phi) is 10.9. The first-order chi connectivity index (χ1) is 15.0. The summed E-state index contributed by atoms with van der Waals surface area (Å²) in [5, 5.41) is 3.44. The van der Waals surface area contributed by atoms with Gasteiger partial charge in [0.15, 0.2) is 12.3 Å². The van der Waals surface area contributed by atoms with Gasteiger partial charge in [0.1, 0.15) is 12.0 Å². The second-order valence-corrected chi connectivity index (χ2v) is 7.79. The molecular weight excluding hydrogens is 418 g/mol. The number of unbranched alkanes of at least 4 members (excludes halogenated alkanes) is 4. The van der Waals surface area contributed by atoms with E-state index in [1.54, 1.807) is 29.2 Å². The van der Waals surface area contributed by atoms with Crippen molar-refractivity contribution in [2.45, 2.75) is 58.9 Å². The molecule has 0 spiro atoms. The molecule has 2 aromatic rings. The molecule has 0 bridgehead atoms. The van der Waals surface area contributed by atoms with E-state index in [0.717, 1.165) is 38.5 Å². The summed E-state index contributed by atoms with van der Waals surface area (Å²) in [7, 11) is 0. The first kappa shape index (κ1) is 24.7. The van der Waals surface area contributed by atoms with Gasteiger partial charge >= 0.3 is 0 Å². The van der Waals surface area contributed by atoms with E-state index >= 15 is 0 Å². The van der Waals surface area contributed by atoms with E-state index in [1.807, 2.05) is 0 Å². The minimum Gasteiger partial charge on any atom is -0.484 e. The van der Waals surface area contributed by atoms with Gasteiger partial charge in [0.2, 0.25) is 5.89 Å². The molecule has 0 saturated carbocycles. The van der Waals surface area contributed by atoms with E-state index in [0.29, 0.717) is 29.8 Å². The number of carbonyl (C=O) groups excluding carboxylic acids is 2. The molecule has 0 unspecified atom stereocenters. The van der Waals surface area contributed by atoms with Crippen molar-refractivity contribution in [3.8, 4) is 5.75 Å². The number of ether oxygens (including phenoxy) is 1. The summed E-state index contributed by atoms with van der Waals surface area (Å²) >= 11 is 5.88. The van der Waals surface area contributed by atoms with Crippen LogP contribution in [-0.2, 0) is 11.3 Å². The van der Waals surface area contributed by atoms with E-state index in [4.69, 9.17) is 20.8 Å². The summed E-state index contributed by atoms with van der Waals surface area (Å²) in [6, 6.07) is 6.86. The molecule has 0 radical (unpaired) electrons. The van der Waals surface area contributed by atoms with Crippen LogP contribution in [0.25, 0.3) is 0 Å². The summed E-state index contributed by atoms with van der Waals surface area (Å²) < 4.78 is 11.0. The lowest BCUT2D eigenvalue weighted by molar-refractivity contribution is -0.134. The van der Waals surface area contributed by atoms with Crippen molar-refractivity contribution in [1.29, 1.82) is 0 Å². The lowest BCUT2D eigenvalue weighted by Gasteiger charge is -2.21. The van der Waals surface area contributed by atoms with Gasteiger partial charge in [0.25, 0.3) is 11.8 Å². The maximum absolute atomic E-state index is 12.8. The van der Waals surface area contributed by atoms with E-state index in [2.05, 4.69) is 24.1 Å². The number of hydrogen-bond acceptors (Lipinski definition) is 5. The van der Waals surface area contributed by atoms with E-state index in [1.165, 1.54) is 6.26 Å². The lowest BCUT2D eigenvalue weighted by atomic mass is 10.2. The SMILES string of the molecule is CCCCCNC(=O)c1coc(CN(CCCCC)C(=O)COc2ccc(Cl)cc2)n1. The zero-order valence-electron chi connectivity index (χ0n) is 18.4. The Bertz CT molecular complexity index is 807. The highest BCUT2D eigenvalue weighted by molar-refractivity contribution is 6.30. The maximum Gasteiger partial charge on any atom is 0.273 e. The van der Waals surface area contributed by atoms with Crippen LogP contribution in [0.2, 0.25) is 5.02 Å². The third-order valence-corrected chi connectivity index (χ3v) is 4.99. The Labute approximate surface area is 189 Å². The Balaban J connectivity index is 1.93. The van der Waals surface area contributed by atoms with E-state index in [-0.39, 0.29) is 30.7 Å². The molecule has 1 N–H and O–H groups in total. The Morgan fingerprint density at radius 1 is 1.10 bits per heavy atom. The van der Waals surface area contributed by atoms with Gasteiger partial charge in [-0.05, 0) is 37.1 Å². The van der Waals surface area contributed by atoms with Crippen molar-refractivity contribution in [2.75, 3.05) is 19.7 Å². The predicted octanol–water partition coefficient (Wildman–Crippen LogP) is 4.85. The summed E-state index contributed by atoms with van der Waals surface area (Å²) in [5.74, 6) is 0.468. The fourth-order valence-electron chi connectivity index (χ4n) is 2.93. The van der Waals surface area contributed by atoms with E-state index < -0.39 is 0 Å². The van der Waals surface area contributed by atoms with Gasteiger partial charge in [0, 0.05) is 18.1 Å². The van der Waals surface area contributed by atoms with Crippen molar-refractivity contribution in [3.05, 3.63) is 47.1 Å². The van der Waals surface area contributed by atoms with Gasteiger partial charge in [-0.25, -0.2) is 4.98 Å². The van der Waals surface area contributed by atoms with Crippen LogP contribution in [0.15, 0.2) is 34.9 Å². The second kappa shape index (κ2) is 13.7. The number of carbonyl (C=O) groups is 2. The van der Waals surface area contributed by atoms with Crippen LogP contribution in [0.1, 0.15) is 68.8 Å². The molecule has 170 valence electrons. The summed E-state index contributed by atoms with van der Waals surface area (Å²) in [6.45, 7) is 5.49. The van der Waals surface area contributed by atoms with Crippen molar-refractivity contribution in [2.24, 2.45) is 0 Å². The normalized spacial score (nSPS) is 10.7. The molecule has 0 saturated heterocycles. The molecule has 31 heavy (non-hydrogen) atoms. The minimum absolute atomic E-state index is 0.0980. The van der Waals surface area contributed by atoms with Crippen molar-refractivity contribution in [3.63, 3.8) is 0 Å². The number of hydrogen-bond donors (Lipinski definition) is 1. The monoisotopic (exact) mass is 449 g/mol. The molecular formula is C23H32ClN3O4. The van der Waals surface area contributed by atoms with Crippen molar-refractivity contribution >= 4 is 23.4 Å². The minimum atomic E-state index is -0.263. The average Bonchev–Trinajstić information content (AvgIpc) is 3.24. The Hall–Kier alpha value is -2.54. The van der Waals surface area contributed by atoms with Gasteiger partial charge in [-0.2, -0.15) is 0 Å². The molecule has 8 heteroatoms. The first-order valence-corrected chi connectivity index (χ1v) is 11.3. The van der Waals surface area contributed by atoms with Crippen molar-refractivity contribution in [1.82, 2.24) is 15.2 Å². The number of amides is 2. The third kappa shape index (κ3) is 9.00. The number of aromatic nitrogens is 1. The molecule has 0 fully saturated rings. The molecule has 0 aliphatic rings. The number of rotatable bonds is 14. The van der Waals surface area contributed by atoms with Gasteiger partial charge in [-0.3, -0.25) is 9.59 Å². The van der Waals surface area contributed by atoms with Crippen LogP contribution in [0.5, 0.6) is 5.75 Å². The molecule has 0 atom stereocenters. The van der Waals surface area contributed by atoms with Gasteiger partial charge in [-0.1, -0.05) is 51.1 Å². The van der Waals surface area contributed by atoms with Crippen LogP contribution >= 0.6 is 11.6 Å². The van der Waals surface area contributed by atoms with Gasteiger partial charge < -0.3 is 19.4 Å². The Morgan fingerprint density at radius 2 is 1.81 bits per heavy atom. The van der Waals surface area contributed by atoms with Crippen LogP contribution < -0.4 is 10.1 Å². The molecule has 0 aliphatic heterocycles. The summed E-state index contributed by atoms with van der Waals surface area (Å²) in [5.41, 5.74) is 0.227. The molecule has 7 nitrogen and oxygen atoms in total. The number of oxazole rings is 1. The molecule has 2 amide bonds. The highest BCUT2D eigenvalue weighted by Gasteiger charge is 2.19. The second-order valence-electron chi connectivity index (χ2n) is 7.35. The number of halogens is 1. The van der Waals surface area contributed by atoms with Crippen LogP contribution in [-0.4, -0.2) is 41.4 Å². The zero-order valence-corrected chi connectivity index (χ0v) is 19.1. The fourth-order valence-corrected chi connectivity index (χ4v) is 3.06. The average molecular weight is 450 g/mol. The molecule has 0 aliphatic carbocycles. The zero-order chi connectivity index (χ0) is 22.5.